The van der Waals surface area contributed by atoms with Crippen molar-refractivity contribution in [2.24, 2.45) is 0 Å². The molecule has 0 aliphatic rings. The van der Waals surface area contributed by atoms with E-state index in [0.717, 1.165) is 29.7 Å². The lowest BCUT2D eigenvalue weighted by molar-refractivity contribution is 0.102. The van der Waals surface area contributed by atoms with Crippen LogP contribution in [0.25, 0.3) is 0 Å². The lowest BCUT2D eigenvalue weighted by Crippen LogP contribution is -2.11. The number of hydrogen-bond acceptors (Lipinski definition) is 4. The van der Waals surface area contributed by atoms with Crippen LogP contribution in [0.15, 0.2) is 40.3 Å². The number of aromatic nitrogens is 2. The van der Waals surface area contributed by atoms with Crippen LogP contribution in [0.3, 0.4) is 0 Å². The van der Waals surface area contributed by atoms with E-state index in [2.05, 4.69) is 9.97 Å². The van der Waals surface area contributed by atoms with Gasteiger partial charge in [0, 0.05) is 17.3 Å². The molecule has 1 N–H and O–H groups in total. The number of rotatable bonds is 6. The topological polar surface area (TPSA) is 62.8 Å². The van der Waals surface area contributed by atoms with Gasteiger partial charge in [0.15, 0.2) is 10.9 Å². The number of hydrogen-bond donors (Lipinski definition) is 1. The van der Waals surface area contributed by atoms with Crippen molar-refractivity contribution in [2.75, 3.05) is 5.75 Å². The number of carbonyl (C=O) groups is 1. The molecular weight excluding hydrogens is 284 g/mol. The summed E-state index contributed by atoms with van der Waals surface area (Å²) in [5, 5.41) is 0.507. The van der Waals surface area contributed by atoms with Gasteiger partial charge in [0.05, 0.1) is 5.75 Å². The fraction of sp³-hybridized carbons (Fsp3) is 0.312. The molecule has 0 amide bonds. The van der Waals surface area contributed by atoms with Gasteiger partial charge < -0.3 is 4.98 Å². The van der Waals surface area contributed by atoms with Gasteiger partial charge in [-0.05, 0) is 18.9 Å². The molecule has 0 fully saturated rings. The zero-order valence-corrected chi connectivity index (χ0v) is 13.0. The molecule has 1 heterocycles. The van der Waals surface area contributed by atoms with E-state index < -0.39 is 0 Å². The van der Waals surface area contributed by atoms with Crippen molar-refractivity contribution in [3.05, 3.63) is 57.5 Å². The van der Waals surface area contributed by atoms with E-state index in [1.165, 1.54) is 17.8 Å². The Morgan fingerprint density at radius 2 is 2.10 bits per heavy atom. The van der Waals surface area contributed by atoms with Gasteiger partial charge in [-0.25, -0.2) is 4.98 Å². The van der Waals surface area contributed by atoms with Crippen LogP contribution in [0, 0.1) is 6.92 Å². The van der Waals surface area contributed by atoms with Crippen molar-refractivity contribution in [1.82, 2.24) is 9.97 Å². The van der Waals surface area contributed by atoms with Crippen molar-refractivity contribution in [3.8, 4) is 0 Å². The van der Waals surface area contributed by atoms with Gasteiger partial charge in [-0.3, -0.25) is 9.59 Å². The molecule has 5 heteroatoms. The summed E-state index contributed by atoms with van der Waals surface area (Å²) in [6.07, 6.45) is 1.70. The highest BCUT2D eigenvalue weighted by atomic mass is 32.2. The lowest BCUT2D eigenvalue weighted by atomic mass is 10.1. The van der Waals surface area contributed by atoms with Crippen LogP contribution < -0.4 is 5.56 Å². The molecule has 0 radical (unpaired) electrons. The van der Waals surface area contributed by atoms with Crippen LogP contribution in [-0.4, -0.2) is 21.5 Å². The third-order valence-electron chi connectivity index (χ3n) is 3.06. The van der Waals surface area contributed by atoms with Crippen molar-refractivity contribution in [2.45, 2.75) is 31.8 Å². The molecule has 1 aromatic heterocycles. The largest absolute Gasteiger partial charge is 0.301 e. The second-order valence-electron chi connectivity index (χ2n) is 4.82. The molecule has 0 atom stereocenters. The summed E-state index contributed by atoms with van der Waals surface area (Å²) in [7, 11) is 0. The number of aromatic amines is 1. The summed E-state index contributed by atoms with van der Waals surface area (Å²) in [6, 6.07) is 9.01. The van der Waals surface area contributed by atoms with Crippen LogP contribution in [0.5, 0.6) is 0 Å². The second-order valence-corrected chi connectivity index (χ2v) is 5.78. The lowest BCUT2D eigenvalue weighted by Gasteiger charge is -2.05. The number of carbonyl (C=O) groups excluding carboxylic acids is 1. The molecule has 0 aliphatic heterocycles. The number of nitrogens with one attached hydrogen (secondary N) is 1. The fourth-order valence-electron chi connectivity index (χ4n) is 2.03. The summed E-state index contributed by atoms with van der Waals surface area (Å²) in [5.41, 5.74) is 2.28. The Kier molecular flexibility index (Phi) is 5.33. The first-order chi connectivity index (χ1) is 10.1. The zero-order valence-electron chi connectivity index (χ0n) is 12.2. The minimum absolute atomic E-state index is 0.0432. The summed E-state index contributed by atoms with van der Waals surface area (Å²) in [6.45, 7) is 3.96. The predicted octanol–water partition coefficient (Wildman–Crippen LogP) is 3.01. The highest BCUT2D eigenvalue weighted by Crippen LogP contribution is 2.16. The third-order valence-corrected chi connectivity index (χ3v) is 3.94. The van der Waals surface area contributed by atoms with Crippen LogP contribution in [0.4, 0.5) is 0 Å². The molecule has 2 aromatic rings. The summed E-state index contributed by atoms with van der Waals surface area (Å²) in [4.78, 5) is 30.8. The Labute approximate surface area is 128 Å². The van der Waals surface area contributed by atoms with E-state index in [1.54, 1.807) is 0 Å². The number of ketones is 1. The van der Waals surface area contributed by atoms with Crippen molar-refractivity contribution < 1.29 is 4.79 Å². The first-order valence-electron chi connectivity index (χ1n) is 6.92. The first-order valence-corrected chi connectivity index (χ1v) is 7.90. The standard InChI is InChI=1S/C16H18N2O2S/c1-3-6-12-9-15(20)18-16(17-12)21-10-14(19)13-8-5-4-7-11(13)2/h4-5,7-9H,3,6,10H2,1-2H3,(H,17,18,20). The number of Topliss-reactive ketones (excluding diaryl/α,β-unsaturated/α-hetero) is 1. The van der Waals surface area contributed by atoms with Crippen LogP contribution in [0.2, 0.25) is 0 Å². The Bertz CT molecular complexity index is 695. The van der Waals surface area contributed by atoms with Gasteiger partial charge in [-0.1, -0.05) is 49.4 Å². The maximum absolute atomic E-state index is 12.2. The molecule has 0 spiro atoms. The van der Waals surface area contributed by atoms with Gasteiger partial charge in [-0.2, -0.15) is 0 Å². The van der Waals surface area contributed by atoms with Crippen molar-refractivity contribution >= 4 is 17.5 Å². The van der Waals surface area contributed by atoms with E-state index in [9.17, 15) is 9.59 Å². The smallest absolute Gasteiger partial charge is 0.251 e. The molecule has 0 aliphatic carbocycles. The van der Waals surface area contributed by atoms with Crippen LogP contribution in [0.1, 0.15) is 35.0 Å². The molecule has 110 valence electrons. The maximum Gasteiger partial charge on any atom is 0.251 e. The van der Waals surface area contributed by atoms with Gasteiger partial charge >= 0.3 is 0 Å². The predicted molar refractivity (Wildman–Crippen MR) is 85.1 cm³/mol. The van der Waals surface area contributed by atoms with Crippen molar-refractivity contribution in [3.63, 3.8) is 0 Å². The Morgan fingerprint density at radius 1 is 1.33 bits per heavy atom. The first kappa shape index (κ1) is 15.5. The van der Waals surface area contributed by atoms with E-state index >= 15 is 0 Å². The normalized spacial score (nSPS) is 10.6. The number of thioether (sulfide) groups is 1. The van der Waals surface area contributed by atoms with E-state index in [0.29, 0.717) is 5.16 Å². The second kappa shape index (κ2) is 7.22. The Balaban J connectivity index is 2.08. The Hall–Kier alpha value is -1.88. The van der Waals surface area contributed by atoms with Gasteiger partial charge in [0.2, 0.25) is 0 Å². The molecular formula is C16H18N2O2S. The molecule has 1 aromatic carbocycles. The SMILES string of the molecule is CCCc1cc(=O)[nH]c(SCC(=O)c2ccccc2C)n1. The van der Waals surface area contributed by atoms with Gasteiger partial charge in [0.25, 0.3) is 5.56 Å². The van der Waals surface area contributed by atoms with Gasteiger partial charge in [0.1, 0.15) is 0 Å². The van der Waals surface area contributed by atoms with E-state index in [-0.39, 0.29) is 17.1 Å². The molecule has 0 saturated carbocycles. The minimum atomic E-state index is -0.167. The zero-order chi connectivity index (χ0) is 15.2. The molecule has 0 unspecified atom stereocenters. The highest BCUT2D eigenvalue weighted by Gasteiger charge is 2.10. The monoisotopic (exact) mass is 302 g/mol. The highest BCUT2D eigenvalue weighted by molar-refractivity contribution is 7.99. The number of aryl methyl sites for hydroxylation is 2. The molecule has 0 saturated heterocycles. The quantitative estimate of drug-likeness (QED) is 0.506. The number of H-pyrrole nitrogens is 1. The molecule has 21 heavy (non-hydrogen) atoms. The molecule has 0 bridgehead atoms. The summed E-state index contributed by atoms with van der Waals surface area (Å²) < 4.78 is 0. The summed E-state index contributed by atoms with van der Waals surface area (Å²) in [5.74, 6) is 0.310. The van der Waals surface area contributed by atoms with E-state index in [1.807, 2.05) is 38.1 Å². The molecule has 4 nitrogen and oxygen atoms in total. The number of benzene rings is 1. The minimum Gasteiger partial charge on any atom is -0.301 e. The van der Waals surface area contributed by atoms with Crippen LogP contribution in [-0.2, 0) is 6.42 Å². The van der Waals surface area contributed by atoms with Crippen molar-refractivity contribution in [1.29, 1.82) is 0 Å². The Morgan fingerprint density at radius 3 is 2.81 bits per heavy atom. The molecule has 2 rings (SSSR count). The van der Waals surface area contributed by atoms with Crippen LogP contribution >= 0.6 is 11.8 Å². The maximum atomic E-state index is 12.2. The van der Waals surface area contributed by atoms with Gasteiger partial charge in [-0.15, -0.1) is 0 Å². The van der Waals surface area contributed by atoms with E-state index in [4.69, 9.17) is 0 Å². The average molecular weight is 302 g/mol. The fourth-order valence-corrected chi connectivity index (χ4v) is 2.81. The number of nitrogens with zero attached hydrogens (tertiary/aromatic N) is 1. The average Bonchev–Trinajstić information content (AvgIpc) is 2.45. The summed E-state index contributed by atoms with van der Waals surface area (Å²) >= 11 is 1.27. The third kappa shape index (κ3) is 4.29.